The average molecular weight is 342 g/mol. The molecule has 0 aromatic rings. The predicted octanol–water partition coefficient (Wildman–Crippen LogP) is 3.67. The van der Waals surface area contributed by atoms with Crippen molar-refractivity contribution in [2.24, 2.45) is 5.92 Å². The molecule has 0 amide bonds. The van der Waals surface area contributed by atoms with Crippen LogP contribution >= 0.6 is 0 Å². The lowest BCUT2D eigenvalue weighted by Gasteiger charge is -2.15. The number of carbonyl (C=O) groups is 2. The Morgan fingerprint density at radius 1 is 0.875 bits per heavy atom. The molecule has 1 unspecified atom stereocenters. The topological polar surface area (TPSA) is 82.1 Å². The lowest BCUT2D eigenvalue weighted by Crippen LogP contribution is -2.19. The molecule has 6 nitrogen and oxygen atoms in total. The Kier molecular flexibility index (Phi) is 14.6. The first-order valence-electron chi connectivity index (χ1n) is 8.45. The highest BCUT2D eigenvalue weighted by Gasteiger charge is 2.19. The number of hydrogen-bond acceptors (Lipinski definition) is 5. The van der Waals surface area contributed by atoms with Gasteiger partial charge >= 0.3 is 11.9 Å². The molecule has 0 aliphatic carbocycles. The van der Waals surface area contributed by atoms with Crippen LogP contribution in [0.5, 0.6) is 0 Å². The number of carboxylic acid groups (broad SMARTS) is 1. The maximum Gasteiger partial charge on any atom is 0.308 e. The van der Waals surface area contributed by atoms with Crippen LogP contribution in [0.1, 0.15) is 51.4 Å². The number of unbranched alkanes of at least 4 members (excludes halogenated alkanes) is 2. The molecule has 0 aliphatic rings. The molecular formula is C18H30O6. The SMILES string of the molecule is C=COCCCCOC(=O)C(CCCCOC=C)CCCC(=O)O. The zero-order chi connectivity index (χ0) is 18.0. The zero-order valence-corrected chi connectivity index (χ0v) is 14.4. The summed E-state index contributed by atoms with van der Waals surface area (Å²) < 4.78 is 15.4. The van der Waals surface area contributed by atoms with Gasteiger partial charge in [-0.05, 0) is 44.9 Å². The molecule has 0 fully saturated rings. The van der Waals surface area contributed by atoms with Gasteiger partial charge in [-0.15, -0.1) is 0 Å². The highest BCUT2D eigenvalue weighted by atomic mass is 16.5. The first-order chi connectivity index (χ1) is 11.6. The van der Waals surface area contributed by atoms with Crippen LogP contribution in [-0.2, 0) is 23.8 Å². The van der Waals surface area contributed by atoms with Crippen LogP contribution in [0.25, 0.3) is 0 Å². The number of hydrogen-bond donors (Lipinski definition) is 1. The Balaban J connectivity index is 4.07. The summed E-state index contributed by atoms with van der Waals surface area (Å²) >= 11 is 0. The number of carbonyl (C=O) groups excluding carboxylic acids is 1. The monoisotopic (exact) mass is 342 g/mol. The Morgan fingerprint density at radius 2 is 1.42 bits per heavy atom. The number of rotatable bonds is 17. The van der Waals surface area contributed by atoms with Crippen molar-refractivity contribution in [2.45, 2.75) is 51.4 Å². The van der Waals surface area contributed by atoms with Gasteiger partial charge in [0.05, 0.1) is 38.3 Å². The van der Waals surface area contributed by atoms with Crippen LogP contribution in [0.2, 0.25) is 0 Å². The third-order valence-corrected chi connectivity index (χ3v) is 3.48. The number of esters is 1. The summed E-state index contributed by atoms with van der Waals surface area (Å²) in [6.45, 7) is 8.42. The van der Waals surface area contributed by atoms with Crippen molar-refractivity contribution in [2.75, 3.05) is 19.8 Å². The first-order valence-corrected chi connectivity index (χ1v) is 8.45. The van der Waals surface area contributed by atoms with Gasteiger partial charge in [-0.2, -0.15) is 0 Å². The zero-order valence-electron chi connectivity index (χ0n) is 14.4. The lowest BCUT2D eigenvalue weighted by atomic mass is 9.96. The molecule has 0 aromatic carbocycles. The Labute approximate surface area is 144 Å². The summed E-state index contributed by atoms with van der Waals surface area (Å²) in [5.41, 5.74) is 0. The van der Waals surface area contributed by atoms with Gasteiger partial charge in [0.2, 0.25) is 0 Å². The van der Waals surface area contributed by atoms with E-state index in [4.69, 9.17) is 19.3 Å². The quantitative estimate of drug-likeness (QED) is 0.247. The minimum Gasteiger partial charge on any atom is -0.502 e. The summed E-state index contributed by atoms with van der Waals surface area (Å²) in [7, 11) is 0. The van der Waals surface area contributed by atoms with Crippen molar-refractivity contribution < 1.29 is 28.9 Å². The highest BCUT2D eigenvalue weighted by Crippen LogP contribution is 2.18. The molecule has 0 spiro atoms. The third-order valence-electron chi connectivity index (χ3n) is 3.48. The van der Waals surface area contributed by atoms with E-state index in [1.54, 1.807) is 0 Å². The molecule has 6 heteroatoms. The van der Waals surface area contributed by atoms with Crippen LogP contribution in [0.4, 0.5) is 0 Å². The summed E-state index contributed by atoms with van der Waals surface area (Å²) in [6.07, 6.45) is 7.73. The third kappa shape index (κ3) is 13.7. The highest BCUT2D eigenvalue weighted by molar-refractivity contribution is 5.72. The first kappa shape index (κ1) is 22.0. The van der Waals surface area contributed by atoms with Crippen LogP contribution in [0, 0.1) is 5.92 Å². The maximum absolute atomic E-state index is 12.2. The van der Waals surface area contributed by atoms with Crippen LogP contribution in [-0.4, -0.2) is 36.9 Å². The minimum atomic E-state index is -0.844. The smallest absolute Gasteiger partial charge is 0.308 e. The van der Waals surface area contributed by atoms with E-state index in [2.05, 4.69) is 13.2 Å². The van der Waals surface area contributed by atoms with E-state index >= 15 is 0 Å². The molecule has 0 saturated carbocycles. The molecule has 1 atom stereocenters. The molecule has 0 rings (SSSR count). The van der Waals surface area contributed by atoms with Crippen molar-refractivity contribution in [3.05, 3.63) is 25.7 Å². The van der Waals surface area contributed by atoms with Crippen LogP contribution in [0.15, 0.2) is 25.7 Å². The average Bonchev–Trinajstić information content (AvgIpc) is 2.55. The fraction of sp³-hybridized carbons (Fsp3) is 0.667. The van der Waals surface area contributed by atoms with Gasteiger partial charge in [-0.1, -0.05) is 13.2 Å². The second-order valence-electron chi connectivity index (χ2n) is 5.43. The Bertz CT molecular complexity index is 367. The summed E-state index contributed by atoms with van der Waals surface area (Å²) in [5.74, 6) is -1.34. The Hall–Kier alpha value is -1.98. The molecule has 0 saturated heterocycles. The summed E-state index contributed by atoms with van der Waals surface area (Å²) in [5, 5.41) is 8.72. The normalized spacial score (nSPS) is 11.3. The summed E-state index contributed by atoms with van der Waals surface area (Å²) in [6, 6.07) is 0. The molecule has 24 heavy (non-hydrogen) atoms. The van der Waals surface area contributed by atoms with E-state index in [0.717, 1.165) is 25.7 Å². The number of ether oxygens (including phenoxy) is 3. The van der Waals surface area contributed by atoms with Crippen LogP contribution < -0.4 is 0 Å². The molecule has 0 aromatic heterocycles. The molecule has 1 N–H and O–H groups in total. The number of carboxylic acids is 1. The largest absolute Gasteiger partial charge is 0.502 e. The van der Waals surface area contributed by atoms with E-state index in [9.17, 15) is 9.59 Å². The van der Waals surface area contributed by atoms with Gasteiger partial charge in [0.15, 0.2) is 0 Å². The molecule has 0 aliphatic heterocycles. The lowest BCUT2D eigenvalue weighted by molar-refractivity contribution is -0.149. The van der Waals surface area contributed by atoms with Crippen molar-refractivity contribution in [1.82, 2.24) is 0 Å². The fourth-order valence-corrected chi connectivity index (χ4v) is 2.20. The standard InChI is InChI=1S/C18H30O6/c1-3-22-13-6-5-10-16(11-9-12-17(19)20)18(21)24-15-8-7-14-23-4-2/h3-4,16H,1-2,5-15H2,(H,19,20). The predicted molar refractivity (Wildman–Crippen MR) is 91.3 cm³/mol. The van der Waals surface area contributed by atoms with Gasteiger partial charge in [0, 0.05) is 6.42 Å². The van der Waals surface area contributed by atoms with Gasteiger partial charge < -0.3 is 19.3 Å². The number of aliphatic carboxylic acids is 1. The minimum absolute atomic E-state index is 0.0717. The van der Waals surface area contributed by atoms with E-state index in [-0.39, 0.29) is 18.3 Å². The van der Waals surface area contributed by atoms with Crippen LogP contribution in [0.3, 0.4) is 0 Å². The van der Waals surface area contributed by atoms with Crippen molar-refractivity contribution in [3.63, 3.8) is 0 Å². The maximum atomic E-state index is 12.2. The van der Waals surface area contributed by atoms with Gasteiger partial charge in [0.25, 0.3) is 0 Å². The van der Waals surface area contributed by atoms with E-state index < -0.39 is 5.97 Å². The molecule has 138 valence electrons. The van der Waals surface area contributed by atoms with Gasteiger partial charge in [0.1, 0.15) is 0 Å². The van der Waals surface area contributed by atoms with Crippen molar-refractivity contribution in [3.8, 4) is 0 Å². The van der Waals surface area contributed by atoms with E-state index in [1.165, 1.54) is 12.5 Å². The van der Waals surface area contributed by atoms with E-state index in [0.29, 0.717) is 39.1 Å². The molecule has 0 bridgehead atoms. The fourth-order valence-electron chi connectivity index (χ4n) is 2.20. The Morgan fingerprint density at radius 3 is 2.00 bits per heavy atom. The van der Waals surface area contributed by atoms with E-state index in [1.807, 2.05) is 0 Å². The van der Waals surface area contributed by atoms with Gasteiger partial charge in [-0.25, -0.2) is 0 Å². The van der Waals surface area contributed by atoms with Crippen molar-refractivity contribution >= 4 is 11.9 Å². The summed E-state index contributed by atoms with van der Waals surface area (Å²) in [4.78, 5) is 22.8. The second kappa shape index (κ2) is 15.9. The molecule has 0 radical (unpaired) electrons. The van der Waals surface area contributed by atoms with Gasteiger partial charge in [-0.3, -0.25) is 9.59 Å². The second-order valence-corrected chi connectivity index (χ2v) is 5.43. The van der Waals surface area contributed by atoms with Crippen molar-refractivity contribution in [1.29, 1.82) is 0 Å². The molecular weight excluding hydrogens is 312 g/mol. The molecule has 0 heterocycles.